The van der Waals surface area contributed by atoms with E-state index < -0.39 is 0 Å². The van der Waals surface area contributed by atoms with Crippen LogP contribution in [0.1, 0.15) is 0 Å². The fraction of sp³-hybridized carbons (Fsp3) is 0. The van der Waals surface area contributed by atoms with E-state index in [2.05, 4.69) is 4.98 Å². The second kappa shape index (κ2) is 3.17. The average Bonchev–Trinajstić information content (AvgIpc) is 2.31. The smallest absolute Gasteiger partial charge is 0.124 e. The fourth-order valence-corrected chi connectivity index (χ4v) is 1.90. The Morgan fingerprint density at radius 1 is 0.938 bits per heavy atom. The Morgan fingerprint density at radius 3 is 2.56 bits per heavy atom. The average molecular weight is 212 g/mol. The Bertz CT molecular complexity index is 692. The van der Waals surface area contributed by atoms with Crippen molar-refractivity contribution in [2.75, 3.05) is 5.73 Å². The van der Waals surface area contributed by atoms with Crippen LogP contribution in [0.5, 0.6) is 0 Å². The van der Waals surface area contributed by atoms with Crippen molar-refractivity contribution in [3.05, 3.63) is 48.3 Å². The summed E-state index contributed by atoms with van der Waals surface area (Å²) >= 11 is 0. The highest BCUT2D eigenvalue weighted by atomic mass is 19.1. The molecule has 0 radical (unpaired) electrons. The number of nitrogens with two attached hydrogens (primary N) is 1. The number of para-hydroxylation sites is 1. The summed E-state index contributed by atoms with van der Waals surface area (Å²) in [6.07, 6.45) is 0. The van der Waals surface area contributed by atoms with Gasteiger partial charge in [-0.05, 0) is 24.3 Å². The molecule has 0 spiro atoms. The molecule has 3 aromatic rings. The Balaban J connectivity index is 2.56. The van der Waals surface area contributed by atoms with Gasteiger partial charge in [0.05, 0.1) is 16.7 Å². The maximum absolute atomic E-state index is 13.1. The number of nitrogens with zero attached hydrogens (tertiary/aromatic N) is 1. The van der Waals surface area contributed by atoms with Crippen molar-refractivity contribution >= 4 is 27.5 Å². The lowest BCUT2D eigenvalue weighted by Gasteiger charge is -2.06. The minimum Gasteiger partial charge on any atom is -0.398 e. The minimum atomic E-state index is -0.295. The van der Waals surface area contributed by atoms with E-state index in [4.69, 9.17) is 5.73 Å². The van der Waals surface area contributed by atoms with Crippen molar-refractivity contribution in [3.63, 3.8) is 0 Å². The normalized spacial score (nSPS) is 11.1. The van der Waals surface area contributed by atoms with Crippen molar-refractivity contribution in [1.29, 1.82) is 0 Å². The molecule has 0 aliphatic rings. The van der Waals surface area contributed by atoms with Gasteiger partial charge in [-0.3, -0.25) is 0 Å². The van der Waals surface area contributed by atoms with Crippen molar-refractivity contribution in [1.82, 2.24) is 4.98 Å². The molecule has 1 heterocycles. The van der Waals surface area contributed by atoms with Crippen molar-refractivity contribution in [3.8, 4) is 0 Å². The highest BCUT2D eigenvalue weighted by Crippen LogP contribution is 2.28. The summed E-state index contributed by atoms with van der Waals surface area (Å²) in [5.74, 6) is -0.295. The first-order valence-corrected chi connectivity index (χ1v) is 4.99. The van der Waals surface area contributed by atoms with Gasteiger partial charge in [-0.2, -0.15) is 0 Å². The molecular weight excluding hydrogens is 203 g/mol. The van der Waals surface area contributed by atoms with E-state index in [1.54, 1.807) is 6.07 Å². The summed E-state index contributed by atoms with van der Waals surface area (Å²) in [7, 11) is 0. The number of benzene rings is 2. The monoisotopic (exact) mass is 212 g/mol. The number of fused-ring (bicyclic) bond motifs is 2. The lowest BCUT2D eigenvalue weighted by molar-refractivity contribution is 0.629. The van der Waals surface area contributed by atoms with Crippen LogP contribution >= 0.6 is 0 Å². The largest absolute Gasteiger partial charge is 0.398 e. The third-order valence-electron chi connectivity index (χ3n) is 2.68. The number of rotatable bonds is 0. The molecule has 3 heteroatoms. The van der Waals surface area contributed by atoms with Crippen LogP contribution in [-0.4, -0.2) is 4.98 Å². The van der Waals surface area contributed by atoms with E-state index in [9.17, 15) is 4.39 Å². The Kier molecular flexibility index (Phi) is 1.80. The summed E-state index contributed by atoms with van der Waals surface area (Å²) in [4.78, 5) is 4.43. The first kappa shape index (κ1) is 9.09. The van der Waals surface area contributed by atoms with Gasteiger partial charge < -0.3 is 5.73 Å². The molecule has 0 amide bonds. The number of halogens is 1. The van der Waals surface area contributed by atoms with Crippen LogP contribution in [0.3, 0.4) is 0 Å². The van der Waals surface area contributed by atoms with Crippen LogP contribution in [0.15, 0.2) is 42.5 Å². The van der Waals surface area contributed by atoms with E-state index in [0.717, 1.165) is 16.4 Å². The number of aromatic nitrogens is 1. The lowest BCUT2D eigenvalue weighted by atomic mass is 10.1. The van der Waals surface area contributed by atoms with E-state index in [1.807, 2.05) is 24.3 Å². The number of nitrogen functional groups attached to an aromatic ring is 1. The molecule has 2 nitrogen and oxygen atoms in total. The zero-order valence-corrected chi connectivity index (χ0v) is 8.44. The predicted molar refractivity (Wildman–Crippen MR) is 63.6 cm³/mol. The van der Waals surface area contributed by atoms with E-state index in [-0.39, 0.29) is 5.82 Å². The molecule has 3 rings (SSSR count). The van der Waals surface area contributed by atoms with Crippen molar-refractivity contribution < 1.29 is 4.39 Å². The molecule has 0 atom stereocenters. The van der Waals surface area contributed by atoms with Gasteiger partial charge in [0.1, 0.15) is 5.82 Å². The molecule has 0 fully saturated rings. The van der Waals surface area contributed by atoms with Gasteiger partial charge in [0, 0.05) is 10.8 Å². The van der Waals surface area contributed by atoms with Gasteiger partial charge >= 0.3 is 0 Å². The van der Waals surface area contributed by atoms with Gasteiger partial charge in [-0.15, -0.1) is 0 Å². The zero-order chi connectivity index (χ0) is 11.1. The summed E-state index contributed by atoms with van der Waals surface area (Å²) in [6.45, 7) is 0. The summed E-state index contributed by atoms with van der Waals surface area (Å²) in [5, 5.41) is 1.53. The fourth-order valence-electron chi connectivity index (χ4n) is 1.90. The van der Waals surface area contributed by atoms with E-state index in [0.29, 0.717) is 11.1 Å². The van der Waals surface area contributed by atoms with Gasteiger partial charge in [-0.25, -0.2) is 9.37 Å². The first-order valence-electron chi connectivity index (χ1n) is 4.99. The lowest BCUT2D eigenvalue weighted by Crippen LogP contribution is -1.92. The molecule has 0 saturated heterocycles. The van der Waals surface area contributed by atoms with E-state index in [1.165, 1.54) is 12.1 Å². The van der Waals surface area contributed by atoms with Gasteiger partial charge in [-0.1, -0.05) is 18.2 Å². The van der Waals surface area contributed by atoms with Crippen molar-refractivity contribution in [2.45, 2.75) is 0 Å². The Labute approximate surface area is 91.5 Å². The maximum Gasteiger partial charge on any atom is 0.124 e. The van der Waals surface area contributed by atoms with Gasteiger partial charge in [0.2, 0.25) is 0 Å². The Hall–Kier alpha value is -2.16. The summed E-state index contributed by atoms with van der Waals surface area (Å²) in [6, 6.07) is 12.0. The molecule has 2 N–H and O–H groups in total. The number of hydrogen-bond acceptors (Lipinski definition) is 2. The van der Waals surface area contributed by atoms with Crippen LogP contribution in [0.4, 0.5) is 10.1 Å². The first-order chi connectivity index (χ1) is 7.75. The molecule has 0 aliphatic heterocycles. The molecule has 78 valence electrons. The highest BCUT2D eigenvalue weighted by molar-refractivity contribution is 6.06. The second-order valence-electron chi connectivity index (χ2n) is 3.70. The van der Waals surface area contributed by atoms with Crippen LogP contribution in [-0.2, 0) is 0 Å². The highest BCUT2D eigenvalue weighted by Gasteiger charge is 2.06. The molecule has 1 aromatic heterocycles. The molecule has 0 saturated carbocycles. The molecule has 16 heavy (non-hydrogen) atoms. The van der Waals surface area contributed by atoms with Crippen LogP contribution < -0.4 is 5.73 Å². The summed E-state index contributed by atoms with van der Waals surface area (Å²) in [5.41, 5.74) is 8.15. The predicted octanol–water partition coefficient (Wildman–Crippen LogP) is 3.11. The standard InChI is InChI=1S/C13H9FN2/c14-8-5-6-12-10(7-8)13(15)9-3-1-2-4-11(9)16-12/h1-7H,(H2,15,16). The second-order valence-corrected chi connectivity index (χ2v) is 3.70. The maximum atomic E-state index is 13.1. The Morgan fingerprint density at radius 2 is 1.69 bits per heavy atom. The summed E-state index contributed by atoms with van der Waals surface area (Å²) < 4.78 is 13.1. The van der Waals surface area contributed by atoms with Crippen LogP contribution in [0.2, 0.25) is 0 Å². The molecule has 0 unspecified atom stereocenters. The SMILES string of the molecule is Nc1c2ccccc2nc2ccc(F)cc12. The van der Waals surface area contributed by atoms with Gasteiger partial charge in [0.25, 0.3) is 0 Å². The number of anilines is 1. The zero-order valence-electron chi connectivity index (χ0n) is 8.44. The molecule has 0 bridgehead atoms. The van der Waals surface area contributed by atoms with Crippen LogP contribution in [0.25, 0.3) is 21.8 Å². The molecule has 0 aliphatic carbocycles. The van der Waals surface area contributed by atoms with Crippen molar-refractivity contribution in [2.24, 2.45) is 0 Å². The third kappa shape index (κ3) is 1.21. The number of pyridine rings is 1. The third-order valence-corrected chi connectivity index (χ3v) is 2.68. The van der Waals surface area contributed by atoms with E-state index >= 15 is 0 Å². The van der Waals surface area contributed by atoms with Gasteiger partial charge in [0.15, 0.2) is 0 Å². The molecular formula is C13H9FN2. The van der Waals surface area contributed by atoms with Crippen LogP contribution in [0, 0.1) is 5.82 Å². The number of hydrogen-bond donors (Lipinski definition) is 1. The quantitative estimate of drug-likeness (QED) is 0.581. The minimum absolute atomic E-state index is 0.295. The molecule has 2 aromatic carbocycles. The topological polar surface area (TPSA) is 38.9 Å².